The summed E-state index contributed by atoms with van der Waals surface area (Å²) in [5.41, 5.74) is 0. The molecular weight excluding hydrogens is 206 g/mol. The van der Waals surface area contributed by atoms with Crippen molar-refractivity contribution in [3.05, 3.63) is 0 Å². The average molecular weight is 229 g/mol. The van der Waals surface area contributed by atoms with Gasteiger partial charge in [-0.25, -0.2) is 0 Å². The van der Waals surface area contributed by atoms with Crippen LogP contribution in [-0.2, 0) is 0 Å². The van der Waals surface area contributed by atoms with E-state index in [1.807, 2.05) is 0 Å². The molecule has 0 aromatic rings. The number of hydrogen-bond acceptors (Lipinski definition) is 2. The van der Waals surface area contributed by atoms with Gasteiger partial charge >= 0.3 is 0 Å². The van der Waals surface area contributed by atoms with Crippen LogP contribution >= 0.6 is 12.2 Å². The summed E-state index contributed by atoms with van der Waals surface area (Å²) in [6.07, 6.45) is 2.65. The molecule has 4 heteroatoms. The molecule has 15 heavy (non-hydrogen) atoms. The molecule has 1 unspecified atom stereocenters. The van der Waals surface area contributed by atoms with Crippen molar-refractivity contribution in [1.29, 1.82) is 0 Å². The van der Waals surface area contributed by atoms with Gasteiger partial charge in [-0.05, 0) is 45.1 Å². The first-order chi connectivity index (χ1) is 7.19. The van der Waals surface area contributed by atoms with Crippen LogP contribution < -0.4 is 5.32 Å². The predicted octanol–water partition coefficient (Wildman–Crippen LogP) is 1.30. The van der Waals surface area contributed by atoms with E-state index in [1.54, 1.807) is 0 Å². The molecule has 1 aliphatic rings. The SMILES string of the molecule is CCNC(=S)N(C)CC1CCCN1CC. The number of likely N-dealkylation sites (N-methyl/N-ethyl adjacent to an activating group) is 2. The molecule has 0 amide bonds. The molecule has 0 radical (unpaired) electrons. The van der Waals surface area contributed by atoms with Crippen LogP contribution in [0.1, 0.15) is 26.7 Å². The highest BCUT2D eigenvalue weighted by Crippen LogP contribution is 2.17. The number of nitrogens with one attached hydrogen (secondary N) is 1. The van der Waals surface area contributed by atoms with E-state index in [-0.39, 0.29) is 0 Å². The van der Waals surface area contributed by atoms with E-state index in [0.717, 1.165) is 24.7 Å². The third kappa shape index (κ3) is 3.61. The maximum absolute atomic E-state index is 5.28. The molecule has 3 nitrogen and oxygen atoms in total. The smallest absolute Gasteiger partial charge is 0.168 e. The van der Waals surface area contributed by atoms with Gasteiger partial charge in [0.1, 0.15) is 0 Å². The van der Waals surface area contributed by atoms with Crippen LogP contribution in [0.25, 0.3) is 0 Å². The van der Waals surface area contributed by atoms with Gasteiger partial charge < -0.3 is 10.2 Å². The lowest BCUT2D eigenvalue weighted by molar-refractivity contribution is 0.234. The highest BCUT2D eigenvalue weighted by molar-refractivity contribution is 7.80. The lowest BCUT2D eigenvalue weighted by Gasteiger charge is -2.29. The number of thiocarbonyl (C=S) groups is 1. The first-order valence-electron chi connectivity index (χ1n) is 5.92. The third-order valence-corrected chi connectivity index (χ3v) is 3.52. The molecule has 1 saturated heterocycles. The van der Waals surface area contributed by atoms with Crippen molar-refractivity contribution in [3.63, 3.8) is 0 Å². The summed E-state index contributed by atoms with van der Waals surface area (Å²) in [5, 5.41) is 4.07. The lowest BCUT2D eigenvalue weighted by Crippen LogP contribution is -2.44. The Bertz CT molecular complexity index is 208. The van der Waals surface area contributed by atoms with Crippen molar-refractivity contribution in [1.82, 2.24) is 15.1 Å². The zero-order chi connectivity index (χ0) is 11.3. The monoisotopic (exact) mass is 229 g/mol. The minimum Gasteiger partial charge on any atom is -0.363 e. The molecule has 1 atom stereocenters. The second kappa shape index (κ2) is 6.28. The zero-order valence-corrected chi connectivity index (χ0v) is 10.9. The van der Waals surface area contributed by atoms with E-state index in [0.29, 0.717) is 6.04 Å². The van der Waals surface area contributed by atoms with E-state index in [4.69, 9.17) is 12.2 Å². The van der Waals surface area contributed by atoms with Crippen molar-refractivity contribution in [2.45, 2.75) is 32.7 Å². The van der Waals surface area contributed by atoms with Gasteiger partial charge in [-0.1, -0.05) is 6.92 Å². The molecule has 1 heterocycles. The fraction of sp³-hybridized carbons (Fsp3) is 0.909. The van der Waals surface area contributed by atoms with Gasteiger partial charge in [-0.15, -0.1) is 0 Å². The summed E-state index contributed by atoms with van der Waals surface area (Å²) in [6, 6.07) is 0.691. The lowest BCUT2D eigenvalue weighted by atomic mass is 10.2. The summed E-state index contributed by atoms with van der Waals surface area (Å²) in [7, 11) is 2.08. The number of hydrogen-bond donors (Lipinski definition) is 1. The van der Waals surface area contributed by atoms with Crippen molar-refractivity contribution in [3.8, 4) is 0 Å². The Kier molecular flexibility index (Phi) is 5.32. The van der Waals surface area contributed by atoms with Gasteiger partial charge in [0.25, 0.3) is 0 Å². The Morgan fingerprint density at radius 2 is 2.27 bits per heavy atom. The molecule has 0 bridgehead atoms. The van der Waals surface area contributed by atoms with E-state index >= 15 is 0 Å². The van der Waals surface area contributed by atoms with E-state index in [1.165, 1.54) is 19.4 Å². The molecule has 0 spiro atoms. The van der Waals surface area contributed by atoms with Gasteiger partial charge in [0.2, 0.25) is 0 Å². The molecule has 0 aromatic carbocycles. The van der Waals surface area contributed by atoms with Crippen LogP contribution in [0.2, 0.25) is 0 Å². The molecule has 1 fully saturated rings. The van der Waals surface area contributed by atoms with Crippen LogP contribution in [0.4, 0.5) is 0 Å². The van der Waals surface area contributed by atoms with Crippen molar-refractivity contribution < 1.29 is 0 Å². The van der Waals surface area contributed by atoms with Crippen LogP contribution in [0.3, 0.4) is 0 Å². The van der Waals surface area contributed by atoms with Crippen LogP contribution in [0.15, 0.2) is 0 Å². The fourth-order valence-corrected chi connectivity index (χ4v) is 2.42. The molecule has 1 N–H and O–H groups in total. The molecule has 0 aliphatic carbocycles. The minimum atomic E-state index is 0.691. The average Bonchev–Trinajstić information content (AvgIpc) is 2.65. The van der Waals surface area contributed by atoms with Crippen LogP contribution in [0.5, 0.6) is 0 Å². The van der Waals surface area contributed by atoms with Crippen molar-refractivity contribution in [2.24, 2.45) is 0 Å². The molecule has 0 saturated carbocycles. The maximum atomic E-state index is 5.28. The summed E-state index contributed by atoms with van der Waals surface area (Å²) in [4.78, 5) is 4.71. The summed E-state index contributed by atoms with van der Waals surface area (Å²) >= 11 is 5.28. The second-order valence-electron chi connectivity index (χ2n) is 4.14. The molecule has 88 valence electrons. The van der Waals surface area contributed by atoms with Crippen molar-refractivity contribution in [2.75, 3.05) is 33.2 Å². The first kappa shape index (κ1) is 12.7. The predicted molar refractivity (Wildman–Crippen MR) is 69.2 cm³/mol. The van der Waals surface area contributed by atoms with E-state index in [9.17, 15) is 0 Å². The number of rotatable bonds is 4. The topological polar surface area (TPSA) is 18.5 Å². The number of likely N-dealkylation sites (tertiary alicyclic amines) is 1. The maximum Gasteiger partial charge on any atom is 0.168 e. The number of nitrogens with zero attached hydrogens (tertiary/aromatic N) is 2. The van der Waals surface area contributed by atoms with Gasteiger partial charge in [0.15, 0.2) is 5.11 Å². The van der Waals surface area contributed by atoms with Crippen LogP contribution in [-0.4, -0.2) is 54.2 Å². The van der Waals surface area contributed by atoms with E-state index in [2.05, 4.69) is 36.0 Å². The Balaban J connectivity index is 2.36. The third-order valence-electron chi connectivity index (χ3n) is 3.06. The van der Waals surface area contributed by atoms with Gasteiger partial charge in [0.05, 0.1) is 0 Å². The van der Waals surface area contributed by atoms with E-state index < -0.39 is 0 Å². The largest absolute Gasteiger partial charge is 0.363 e. The molecule has 1 aliphatic heterocycles. The fourth-order valence-electron chi connectivity index (χ4n) is 2.20. The Labute approximate surface area is 98.8 Å². The zero-order valence-electron chi connectivity index (χ0n) is 10.1. The van der Waals surface area contributed by atoms with Gasteiger partial charge in [-0.2, -0.15) is 0 Å². The summed E-state index contributed by atoms with van der Waals surface area (Å²) in [5.74, 6) is 0. The quantitative estimate of drug-likeness (QED) is 0.732. The molecule has 0 aromatic heterocycles. The normalized spacial score (nSPS) is 21.7. The first-order valence-corrected chi connectivity index (χ1v) is 6.32. The Morgan fingerprint density at radius 3 is 2.87 bits per heavy atom. The van der Waals surface area contributed by atoms with Gasteiger partial charge in [0, 0.05) is 26.2 Å². The molecule has 1 rings (SSSR count). The Hall–Kier alpha value is -0.350. The second-order valence-corrected chi connectivity index (χ2v) is 4.53. The Morgan fingerprint density at radius 1 is 1.53 bits per heavy atom. The standard InChI is InChI=1S/C11H23N3S/c1-4-12-11(15)13(3)9-10-7-6-8-14(10)5-2/h10H,4-9H2,1-3H3,(H,12,15). The summed E-state index contributed by atoms with van der Waals surface area (Å²) in [6.45, 7) is 8.69. The minimum absolute atomic E-state index is 0.691. The summed E-state index contributed by atoms with van der Waals surface area (Å²) < 4.78 is 0. The van der Waals surface area contributed by atoms with Crippen LogP contribution in [0, 0.1) is 0 Å². The van der Waals surface area contributed by atoms with Crippen molar-refractivity contribution >= 4 is 17.3 Å². The van der Waals surface area contributed by atoms with Gasteiger partial charge in [-0.3, -0.25) is 4.90 Å². The highest BCUT2D eigenvalue weighted by Gasteiger charge is 2.24. The molecular formula is C11H23N3S. The highest BCUT2D eigenvalue weighted by atomic mass is 32.1.